The normalized spacial score (nSPS) is 23.2. The summed E-state index contributed by atoms with van der Waals surface area (Å²) in [5, 5.41) is 3.02. The van der Waals surface area contributed by atoms with Gasteiger partial charge < -0.3 is 10.1 Å². The Balaban J connectivity index is 1.50. The standard InChI is InChI=1S/C33H41F3N2O2/c1-5-7-8-21-9-11-22(12-10-21)17-31(39)37-25-16-15-24-14-13-23(6-2)32(38-29(24)18-25)33(3,4)40-30-20-27(35)26(34)19-28(30)36/h9,11,15-16,18-20,23,28,30H,5-8,10,12-14,17H2,1-4H3,(H,37,39). The number of carbonyl (C=O) groups excluding carboxylic acids is 1. The van der Waals surface area contributed by atoms with Gasteiger partial charge in [0.05, 0.1) is 11.4 Å². The second-order valence-corrected chi connectivity index (χ2v) is 11.5. The molecule has 1 amide bonds. The number of rotatable bonds is 10. The minimum absolute atomic E-state index is 0.0649. The Morgan fingerprint density at radius 1 is 1.07 bits per heavy atom. The van der Waals surface area contributed by atoms with Crippen LogP contribution in [0.15, 0.2) is 70.3 Å². The minimum atomic E-state index is -1.79. The lowest BCUT2D eigenvalue weighted by Gasteiger charge is -2.35. The van der Waals surface area contributed by atoms with Gasteiger partial charge >= 0.3 is 0 Å². The molecule has 0 aromatic heterocycles. The maximum absolute atomic E-state index is 14.5. The second kappa shape index (κ2) is 13.2. The van der Waals surface area contributed by atoms with Gasteiger partial charge in [0.1, 0.15) is 11.7 Å². The van der Waals surface area contributed by atoms with Crippen molar-refractivity contribution in [3.8, 4) is 0 Å². The van der Waals surface area contributed by atoms with Crippen molar-refractivity contribution in [2.75, 3.05) is 5.32 Å². The monoisotopic (exact) mass is 554 g/mol. The highest BCUT2D eigenvalue weighted by Gasteiger charge is 2.38. The SMILES string of the molecule is CCCCC1=CC=C(CC(=O)Nc2ccc3c(c2)N=C(C(C)(C)OC2C=C(F)C(F)=CC2F)C(CC)CC3)CC1. The lowest BCUT2D eigenvalue weighted by molar-refractivity contribution is -0.115. The van der Waals surface area contributed by atoms with E-state index in [-0.39, 0.29) is 11.8 Å². The smallest absolute Gasteiger partial charge is 0.228 e. The molecule has 4 nitrogen and oxygen atoms in total. The lowest BCUT2D eigenvalue weighted by atomic mass is 9.85. The molecule has 3 unspecified atom stereocenters. The Bertz CT molecular complexity index is 1260. The van der Waals surface area contributed by atoms with Crippen molar-refractivity contribution in [3.63, 3.8) is 0 Å². The topological polar surface area (TPSA) is 50.7 Å². The number of alkyl halides is 1. The Labute approximate surface area is 236 Å². The maximum atomic E-state index is 14.5. The lowest BCUT2D eigenvalue weighted by Crippen LogP contribution is -2.44. The molecule has 1 aromatic rings. The van der Waals surface area contributed by atoms with E-state index in [0.29, 0.717) is 18.2 Å². The van der Waals surface area contributed by atoms with Crippen LogP contribution in [-0.4, -0.2) is 29.5 Å². The summed E-state index contributed by atoms with van der Waals surface area (Å²) in [5.41, 5.74) is 4.73. The summed E-state index contributed by atoms with van der Waals surface area (Å²) in [4.78, 5) is 17.9. The molecule has 0 bridgehead atoms. The van der Waals surface area contributed by atoms with E-state index in [4.69, 9.17) is 9.73 Å². The number of anilines is 1. The highest BCUT2D eigenvalue weighted by Crippen LogP contribution is 2.37. The average molecular weight is 555 g/mol. The van der Waals surface area contributed by atoms with Crippen molar-refractivity contribution in [2.45, 2.75) is 103 Å². The van der Waals surface area contributed by atoms with Gasteiger partial charge in [-0.25, -0.2) is 13.2 Å². The van der Waals surface area contributed by atoms with Crippen molar-refractivity contribution in [3.05, 3.63) is 70.9 Å². The number of hydrogen-bond acceptors (Lipinski definition) is 3. The van der Waals surface area contributed by atoms with E-state index in [1.165, 1.54) is 18.4 Å². The van der Waals surface area contributed by atoms with Gasteiger partial charge in [-0.05, 0) is 88.6 Å². The van der Waals surface area contributed by atoms with Crippen LogP contribution in [0.4, 0.5) is 24.5 Å². The molecule has 2 aliphatic carbocycles. The molecule has 1 aliphatic heterocycles. The summed E-state index contributed by atoms with van der Waals surface area (Å²) in [7, 11) is 0. The average Bonchev–Trinajstić information content (AvgIpc) is 3.11. The van der Waals surface area contributed by atoms with E-state index in [1.807, 2.05) is 18.2 Å². The summed E-state index contributed by atoms with van der Waals surface area (Å²) < 4.78 is 48.0. The molecule has 7 heteroatoms. The van der Waals surface area contributed by atoms with Crippen molar-refractivity contribution < 1.29 is 22.7 Å². The van der Waals surface area contributed by atoms with Gasteiger partial charge in [0, 0.05) is 18.0 Å². The van der Waals surface area contributed by atoms with E-state index < -0.39 is 29.5 Å². The number of hydrogen-bond donors (Lipinski definition) is 1. The molecule has 1 heterocycles. The molecule has 0 fully saturated rings. The Hall–Kier alpha value is -2.93. The number of aryl methyl sites for hydroxylation is 1. The first kappa shape index (κ1) is 30.0. The fourth-order valence-electron chi connectivity index (χ4n) is 5.69. The first-order valence-electron chi connectivity index (χ1n) is 14.6. The highest BCUT2D eigenvalue weighted by molar-refractivity contribution is 5.97. The Morgan fingerprint density at radius 2 is 1.80 bits per heavy atom. The molecular weight excluding hydrogens is 513 g/mol. The Morgan fingerprint density at radius 3 is 2.50 bits per heavy atom. The van der Waals surface area contributed by atoms with E-state index in [2.05, 4.69) is 31.3 Å². The first-order valence-corrected chi connectivity index (χ1v) is 14.6. The molecule has 216 valence electrons. The zero-order chi connectivity index (χ0) is 28.9. The van der Waals surface area contributed by atoms with E-state index in [1.54, 1.807) is 13.8 Å². The molecule has 0 radical (unpaired) electrons. The molecular formula is C33H41F3N2O2. The van der Waals surface area contributed by atoms with E-state index in [0.717, 1.165) is 67.1 Å². The van der Waals surface area contributed by atoms with E-state index in [9.17, 15) is 18.0 Å². The molecule has 0 saturated heterocycles. The Kier molecular flexibility index (Phi) is 9.88. The van der Waals surface area contributed by atoms with Crippen molar-refractivity contribution in [2.24, 2.45) is 10.9 Å². The van der Waals surface area contributed by atoms with Crippen LogP contribution >= 0.6 is 0 Å². The van der Waals surface area contributed by atoms with Gasteiger partial charge in [-0.1, -0.05) is 49.6 Å². The number of carbonyl (C=O) groups is 1. The number of benzene rings is 1. The molecule has 0 saturated carbocycles. The summed E-state index contributed by atoms with van der Waals surface area (Å²) in [6.45, 7) is 7.84. The zero-order valence-electron chi connectivity index (χ0n) is 24.0. The predicted octanol–water partition coefficient (Wildman–Crippen LogP) is 9.12. The molecule has 4 rings (SSSR count). The predicted molar refractivity (Wildman–Crippen MR) is 156 cm³/mol. The molecule has 3 atom stereocenters. The van der Waals surface area contributed by atoms with Crippen LogP contribution in [0.1, 0.15) is 84.6 Å². The molecule has 40 heavy (non-hydrogen) atoms. The summed E-state index contributed by atoms with van der Waals surface area (Å²) in [6.07, 6.45) is 10.9. The minimum Gasteiger partial charge on any atom is -0.359 e. The third-order valence-electron chi connectivity index (χ3n) is 8.02. The molecule has 0 spiro atoms. The molecule has 1 N–H and O–H groups in total. The second-order valence-electron chi connectivity index (χ2n) is 11.5. The number of nitrogens with one attached hydrogen (secondary N) is 1. The van der Waals surface area contributed by atoms with E-state index >= 15 is 0 Å². The highest BCUT2D eigenvalue weighted by atomic mass is 19.2. The van der Waals surface area contributed by atoms with Gasteiger partial charge in [-0.3, -0.25) is 9.79 Å². The number of fused-ring (bicyclic) bond motifs is 1. The van der Waals surface area contributed by atoms with Gasteiger partial charge in [0.15, 0.2) is 17.8 Å². The summed E-state index contributed by atoms with van der Waals surface area (Å²) >= 11 is 0. The van der Waals surface area contributed by atoms with Gasteiger partial charge in [0.25, 0.3) is 0 Å². The number of unbranched alkanes of at least 4 members (excludes halogenated alkanes) is 1. The van der Waals surface area contributed by atoms with Crippen LogP contribution in [0.3, 0.4) is 0 Å². The molecule has 3 aliphatic rings. The maximum Gasteiger partial charge on any atom is 0.228 e. The summed E-state index contributed by atoms with van der Waals surface area (Å²) in [6, 6.07) is 5.77. The summed E-state index contributed by atoms with van der Waals surface area (Å²) in [5.74, 6) is -2.33. The van der Waals surface area contributed by atoms with Gasteiger partial charge in [-0.15, -0.1) is 0 Å². The number of nitrogens with zero attached hydrogens (tertiary/aromatic N) is 1. The van der Waals surface area contributed by atoms with Crippen molar-refractivity contribution in [1.82, 2.24) is 0 Å². The number of allylic oxidation sites excluding steroid dienone is 5. The number of amides is 1. The van der Waals surface area contributed by atoms with Crippen molar-refractivity contribution in [1.29, 1.82) is 0 Å². The van der Waals surface area contributed by atoms with Crippen LogP contribution < -0.4 is 5.32 Å². The molecule has 1 aromatic carbocycles. The number of aliphatic imine (C=N–C) groups is 1. The largest absolute Gasteiger partial charge is 0.359 e. The fourth-order valence-corrected chi connectivity index (χ4v) is 5.69. The fraction of sp³-hybridized carbons (Fsp3) is 0.515. The zero-order valence-corrected chi connectivity index (χ0v) is 24.0. The third-order valence-corrected chi connectivity index (χ3v) is 8.02. The quantitative estimate of drug-likeness (QED) is 0.314. The van der Waals surface area contributed by atoms with Gasteiger partial charge in [0.2, 0.25) is 5.91 Å². The number of ether oxygens (including phenoxy) is 1. The first-order chi connectivity index (χ1) is 19.1. The number of halogens is 3. The van der Waals surface area contributed by atoms with Crippen molar-refractivity contribution >= 4 is 23.0 Å². The van der Waals surface area contributed by atoms with Crippen LogP contribution in [0.25, 0.3) is 0 Å². The van der Waals surface area contributed by atoms with Gasteiger partial charge in [-0.2, -0.15) is 0 Å². The van der Waals surface area contributed by atoms with Crippen LogP contribution in [-0.2, 0) is 16.0 Å². The van der Waals surface area contributed by atoms with Crippen LogP contribution in [0.2, 0.25) is 0 Å². The third kappa shape index (κ3) is 7.42. The van der Waals surface area contributed by atoms with Crippen LogP contribution in [0, 0.1) is 5.92 Å². The van der Waals surface area contributed by atoms with Crippen LogP contribution in [0.5, 0.6) is 0 Å².